The molecule has 0 aliphatic carbocycles. The number of carbonyl (C=O) groups is 1. The number of likely N-dealkylation sites (tertiary alicyclic amines) is 1. The van der Waals surface area contributed by atoms with Gasteiger partial charge >= 0.3 is 0 Å². The largest absolute Gasteiger partial charge is 0.383 e. The zero-order valence-corrected chi connectivity index (χ0v) is 13.8. The summed E-state index contributed by atoms with van der Waals surface area (Å²) in [6, 6.07) is 2.78. The van der Waals surface area contributed by atoms with Crippen molar-refractivity contribution in [3.05, 3.63) is 46.0 Å². The van der Waals surface area contributed by atoms with Crippen LogP contribution in [-0.4, -0.2) is 45.8 Å². The molecule has 1 atom stereocenters. The van der Waals surface area contributed by atoms with Crippen LogP contribution in [0.15, 0.2) is 27.6 Å². The molecule has 0 N–H and O–H groups in total. The van der Waals surface area contributed by atoms with Crippen molar-refractivity contribution in [1.29, 1.82) is 0 Å². The fourth-order valence-electron chi connectivity index (χ4n) is 2.92. The molecule has 1 fully saturated rings. The Morgan fingerprint density at radius 1 is 1.46 bits per heavy atom. The fraction of sp³-hybridized carbons (Fsp3) is 0.500. The summed E-state index contributed by atoms with van der Waals surface area (Å²) in [7, 11) is 1.57. The molecule has 8 heteroatoms. The lowest BCUT2D eigenvalue weighted by molar-refractivity contribution is 0.0727. The summed E-state index contributed by atoms with van der Waals surface area (Å²) in [5.74, 6) is 0.884. The second-order valence-corrected chi connectivity index (χ2v) is 5.77. The number of hydrogen-bond acceptors (Lipinski definition) is 6. The lowest BCUT2D eigenvalue weighted by Crippen LogP contribution is -2.32. The Morgan fingerprint density at radius 2 is 2.29 bits per heavy atom. The third-order valence-electron chi connectivity index (χ3n) is 4.12. The van der Waals surface area contributed by atoms with Gasteiger partial charge in [0.05, 0.1) is 18.2 Å². The second-order valence-electron chi connectivity index (χ2n) is 5.77. The molecule has 0 radical (unpaired) electrons. The van der Waals surface area contributed by atoms with E-state index in [-0.39, 0.29) is 17.5 Å². The van der Waals surface area contributed by atoms with Gasteiger partial charge < -0.3 is 18.7 Å². The van der Waals surface area contributed by atoms with Crippen LogP contribution in [0.3, 0.4) is 0 Å². The molecule has 2 aromatic rings. The van der Waals surface area contributed by atoms with E-state index in [4.69, 9.17) is 9.26 Å². The summed E-state index contributed by atoms with van der Waals surface area (Å²) in [4.78, 5) is 30.7. The summed E-state index contributed by atoms with van der Waals surface area (Å²) in [6.07, 6.45) is 3.27. The Morgan fingerprint density at radius 3 is 3.00 bits per heavy atom. The van der Waals surface area contributed by atoms with E-state index < -0.39 is 0 Å². The Kier molecular flexibility index (Phi) is 4.75. The molecule has 1 amide bonds. The zero-order chi connectivity index (χ0) is 17.1. The van der Waals surface area contributed by atoms with Gasteiger partial charge in [0.25, 0.3) is 11.5 Å². The predicted molar refractivity (Wildman–Crippen MR) is 84.6 cm³/mol. The normalized spacial score (nSPS) is 17.4. The van der Waals surface area contributed by atoms with Crippen LogP contribution in [0, 0.1) is 6.92 Å². The summed E-state index contributed by atoms with van der Waals surface area (Å²) in [6.45, 7) is 3.17. The molecule has 3 rings (SSSR count). The average molecular weight is 332 g/mol. The van der Waals surface area contributed by atoms with Gasteiger partial charge in [0.15, 0.2) is 5.82 Å². The minimum absolute atomic E-state index is 0.133. The number of nitrogens with zero attached hydrogens (tertiary/aromatic N) is 4. The summed E-state index contributed by atoms with van der Waals surface area (Å²) in [5.41, 5.74) is 0.313. The number of aromatic nitrogens is 3. The summed E-state index contributed by atoms with van der Waals surface area (Å²) >= 11 is 0. The van der Waals surface area contributed by atoms with Crippen molar-refractivity contribution in [2.45, 2.75) is 32.4 Å². The van der Waals surface area contributed by atoms with Crippen molar-refractivity contribution < 1.29 is 14.1 Å². The summed E-state index contributed by atoms with van der Waals surface area (Å²) < 4.78 is 11.5. The van der Waals surface area contributed by atoms with Gasteiger partial charge in [0.1, 0.15) is 0 Å². The third-order valence-corrected chi connectivity index (χ3v) is 4.12. The lowest BCUT2D eigenvalue weighted by atomic mass is 10.2. The van der Waals surface area contributed by atoms with Gasteiger partial charge in [-0.3, -0.25) is 9.59 Å². The number of methoxy groups -OCH3 is 1. The lowest BCUT2D eigenvalue weighted by Gasteiger charge is -2.22. The number of amides is 1. The van der Waals surface area contributed by atoms with E-state index >= 15 is 0 Å². The van der Waals surface area contributed by atoms with Gasteiger partial charge in [-0.2, -0.15) is 4.98 Å². The minimum Gasteiger partial charge on any atom is -0.383 e. The second kappa shape index (κ2) is 6.96. The van der Waals surface area contributed by atoms with E-state index in [1.165, 1.54) is 10.6 Å². The molecule has 1 saturated heterocycles. The molecule has 0 unspecified atom stereocenters. The molecule has 8 nitrogen and oxygen atoms in total. The quantitative estimate of drug-likeness (QED) is 0.816. The van der Waals surface area contributed by atoms with Crippen molar-refractivity contribution in [2.75, 3.05) is 20.3 Å². The standard InChI is InChI=1S/C16H20N4O4/c1-11-17-15(18-24-11)13-4-3-7-20(13)16(22)12-5-6-14(21)19(10-12)8-9-23-2/h5-6,10,13H,3-4,7-9H2,1-2H3/t13-/m0/s1. The molecule has 0 bridgehead atoms. The maximum atomic E-state index is 12.9. The number of hydrogen-bond donors (Lipinski definition) is 0. The van der Waals surface area contributed by atoms with Gasteiger partial charge in [-0.25, -0.2) is 0 Å². The number of pyridine rings is 1. The van der Waals surface area contributed by atoms with Crippen molar-refractivity contribution in [3.63, 3.8) is 0 Å². The predicted octanol–water partition coefficient (Wildman–Crippen LogP) is 1.16. The van der Waals surface area contributed by atoms with E-state index in [1.807, 2.05) is 0 Å². The van der Waals surface area contributed by atoms with E-state index in [9.17, 15) is 9.59 Å². The van der Waals surface area contributed by atoms with Crippen LogP contribution in [0.5, 0.6) is 0 Å². The molecule has 1 aliphatic rings. The van der Waals surface area contributed by atoms with Gasteiger partial charge in [-0.05, 0) is 18.9 Å². The number of ether oxygens (including phenoxy) is 1. The smallest absolute Gasteiger partial charge is 0.255 e. The van der Waals surface area contributed by atoms with Crippen LogP contribution < -0.4 is 5.56 Å². The van der Waals surface area contributed by atoms with Crippen molar-refractivity contribution in [1.82, 2.24) is 19.6 Å². The van der Waals surface area contributed by atoms with Crippen LogP contribution in [0.4, 0.5) is 0 Å². The van der Waals surface area contributed by atoms with E-state index in [0.717, 1.165) is 12.8 Å². The maximum Gasteiger partial charge on any atom is 0.255 e. The third kappa shape index (κ3) is 3.23. The van der Waals surface area contributed by atoms with E-state index in [2.05, 4.69) is 10.1 Å². The molecule has 3 heterocycles. The molecule has 1 aliphatic heterocycles. The van der Waals surface area contributed by atoms with Crippen LogP contribution in [0.25, 0.3) is 0 Å². The Labute approximate surface area is 139 Å². The van der Waals surface area contributed by atoms with Gasteiger partial charge in [-0.1, -0.05) is 5.16 Å². The molecular weight excluding hydrogens is 312 g/mol. The summed E-state index contributed by atoms with van der Waals surface area (Å²) in [5, 5.41) is 3.94. The fourth-order valence-corrected chi connectivity index (χ4v) is 2.92. The monoisotopic (exact) mass is 332 g/mol. The van der Waals surface area contributed by atoms with Gasteiger partial charge in [0.2, 0.25) is 5.89 Å². The highest BCUT2D eigenvalue weighted by Crippen LogP contribution is 2.31. The first-order valence-electron chi connectivity index (χ1n) is 7.91. The molecule has 0 aromatic carbocycles. The highest BCUT2D eigenvalue weighted by atomic mass is 16.5. The van der Waals surface area contributed by atoms with Crippen molar-refractivity contribution >= 4 is 5.91 Å². The van der Waals surface area contributed by atoms with Crippen LogP contribution >= 0.6 is 0 Å². The Hall–Kier alpha value is -2.48. The van der Waals surface area contributed by atoms with Crippen molar-refractivity contribution in [2.24, 2.45) is 0 Å². The first-order valence-corrected chi connectivity index (χ1v) is 7.91. The first-order chi connectivity index (χ1) is 11.6. The molecule has 0 saturated carbocycles. The molecule has 128 valence electrons. The molecule has 2 aromatic heterocycles. The Bertz CT molecular complexity index is 782. The number of aryl methyl sites for hydroxylation is 1. The maximum absolute atomic E-state index is 12.9. The molecular formula is C16H20N4O4. The zero-order valence-electron chi connectivity index (χ0n) is 13.8. The van der Waals surface area contributed by atoms with Gasteiger partial charge in [0, 0.05) is 39.4 Å². The highest BCUT2D eigenvalue weighted by molar-refractivity contribution is 5.94. The topological polar surface area (TPSA) is 90.5 Å². The average Bonchev–Trinajstić information content (AvgIpc) is 3.22. The molecule has 24 heavy (non-hydrogen) atoms. The van der Waals surface area contributed by atoms with Crippen LogP contribution in [-0.2, 0) is 11.3 Å². The highest BCUT2D eigenvalue weighted by Gasteiger charge is 2.33. The van der Waals surface area contributed by atoms with E-state index in [0.29, 0.717) is 37.0 Å². The van der Waals surface area contributed by atoms with Gasteiger partial charge in [-0.15, -0.1) is 0 Å². The minimum atomic E-state index is -0.186. The Balaban J connectivity index is 1.84. The van der Waals surface area contributed by atoms with Crippen molar-refractivity contribution in [3.8, 4) is 0 Å². The number of carbonyl (C=O) groups excluding carboxylic acids is 1. The first kappa shape index (κ1) is 16.4. The van der Waals surface area contributed by atoms with E-state index in [1.54, 1.807) is 31.2 Å². The molecule has 0 spiro atoms. The SMILES string of the molecule is COCCn1cc(C(=O)N2CCC[C@H]2c2noc(C)n2)ccc1=O. The number of rotatable bonds is 5. The van der Waals surface area contributed by atoms with Crippen LogP contribution in [0.2, 0.25) is 0 Å². The van der Waals surface area contributed by atoms with Crippen LogP contribution in [0.1, 0.15) is 41.0 Å².